The van der Waals surface area contributed by atoms with Crippen LogP contribution in [0.4, 0.5) is 5.69 Å². The Labute approximate surface area is 262 Å². The van der Waals surface area contributed by atoms with Gasteiger partial charge in [0, 0.05) is 71.3 Å². The zero-order valence-electron chi connectivity index (χ0n) is 24.6. The van der Waals surface area contributed by atoms with Crippen molar-refractivity contribution in [1.29, 1.82) is 0 Å². The number of rotatable bonds is 5. The zero-order valence-corrected chi connectivity index (χ0v) is 26.2. The summed E-state index contributed by atoms with van der Waals surface area (Å²) in [6.07, 6.45) is 8.01. The smallest absolute Gasteiger partial charge is 0.402 e. The van der Waals surface area contributed by atoms with Crippen LogP contribution in [0.1, 0.15) is 64.3 Å². The summed E-state index contributed by atoms with van der Waals surface area (Å²) in [5, 5.41) is 0.752. The fourth-order valence-corrected chi connectivity index (χ4v) is 11.3. The number of nitrogens with one attached hydrogen (secondary N) is 2. The third-order valence-electron chi connectivity index (χ3n) is 12.6. The van der Waals surface area contributed by atoms with Gasteiger partial charge in [-0.1, -0.05) is 0 Å². The molecule has 0 bridgehead atoms. The molecule has 0 radical (unpaired) electrons. The van der Waals surface area contributed by atoms with Gasteiger partial charge in [-0.3, -0.25) is 24.2 Å². The fourth-order valence-electron chi connectivity index (χ4n) is 10.7. The zero-order chi connectivity index (χ0) is 31.2. The molecule has 5 aliphatic carbocycles. The number of allylic oxidation sites excluding steroid dienone is 2. The summed E-state index contributed by atoms with van der Waals surface area (Å²) in [6.45, 7) is 4.85. The number of phosphoric acid groups is 1. The van der Waals surface area contributed by atoms with Gasteiger partial charge in [0.1, 0.15) is 0 Å². The molecular formula is C32H30ClN4O7P. The maximum Gasteiger partial charge on any atom is 0.524 e. The molecule has 4 heterocycles. The minimum Gasteiger partial charge on any atom is -0.402 e. The highest BCUT2D eigenvalue weighted by atomic mass is 35.5. The predicted octanol–water partition coefficient (Wildman–Crippen LogP) is 4.30. The largest absolute Gasteiger partial charge is 0.524 e. The maximum atomic E-state index is 14.5. The van der Waals surface area contributed by atoms with Gasteiger partial charge in [-0.15, -0.1) is 11.6 Å². The van der Waals surface area contributed by atoms with E-state index in [9.17, 15) is 28.7 Å². The number of aromatic amines is 2. The van der Waals surface area contributed by atoms with Crippen molar-refractivity contribution in [3.8, 4) is 5.75 Å². The molecule has 1 saturated heterocycles. The first kappa shape index (κ1) is 26.8. The molecule has 11 nitrogen and oxygen atoms in total. The van der Waals surface area contributed by atoms with Crippen LogP contribution in [-0.4, -0.2) is 61.2 Å². The number of piperidine rings is 1. The molecule has 3 aromatic rings. The van der Waals surface area contributed by atoms with Crippen LogP contribution in [0.25, 0.3) is 10.9 Å². The summed E-state index contributed by atoms with van der Waals surface area (Å²) in [4.78, 5) is 70.9. The van der Waals surface area contributed by atoms with Crippen LogP contribution in [0.2, 0.25) is 0 Å². The predicted molar refractivity (Wildman–Crippen MR) is 162 cm³/mol. The van der Waals surface area contributed by atoms with Gasteiger partial charge in [-0.2, -0.15) is 0 Å². The van der Waals surface area contributed by atoms with Crippen LogP contribution in [0.3, 0.4) is 0 Å². The average Bonchev–Trinajstić information content (AvgIpc) is 3.64. The number of H-pyrrole nitrogens is 2. The van der Waals surface area contributed by atoms with Gasteiger partial charge >= 0.3 is 7.82 Å². The van der Waals surface area contributed by atoms with E-state index in [1.807, 2.05) is 24.9 Å². The standard InChI is InChI=1S/C32H30ClN4O7P/c1-14-7-35-26-20(44-45(41,42)43)3-18-23(22(14)26)16(6-33)9-36(18)27(39)29-11-30(13-31(29,30)12-29)28(40)37-10-17-5-32(17)21(37)4-19(38)25-24(32)15(2)8-34-25/h3-4,7-8,16-17,34-35H,5-6,9-13H2,1-2H3,(H2,41,42,43)/t16-,17-,29?,30?,31?,32?/m1/s1. The quantitative estimate of drug-likeness (QED) is 0.237. The first-order valence-electron chi connectivity index (χ1n) is 15.4. The molecule has 6 atom stereocenters. The second-order valence-corrected chi connectivity index (χ2v) is 16.0. The lowest BCUT2D eigenvalue weighted by molar-refractivity contribution is -0.142. The number of fused-ring (bicyclic) bond motifs is 4. The summed E-state index contributed by atoms with van der Waals surface area (Å²) in [6, 6.07) is 1.53. The summed E-state index contributed by atoms with van der Waals surface area (Å²) in [5.74, 6) is 0.270. The molecule has 45 heavy (non-hydrogen) atoms. The van der Waals surface area contributed by atoms with Crippen molar-refractivity contribution < 1.29 is 33.3 Å². The van der Waals surface area contributed by atoms with Crippen molar-refractivity contribution in [3.05, 3.63) is 58.2 Å². The third kappa shape index (κ3) is 2.82. The van der Waals surface area contributed by atoms with Crippen LogP contribution in [-0.2, 0) is 19.6 Å². The number of likely N-dealkylation sites (tertiary alicyclic amines) is 1. The van der Waals surface area contributed by atoms with E-state index in [4.69, 9.17) is 16.1 Å². The van der Waals surface area contributed by atoms with E-state index in [1.165, 1.54) is 6.07 Å². The Hall–Kier alpha value is -3.37. The van der Waals surface area contributed by atoms with Gasteiger partial charge in [0.25, 0.3) is 0 Å². The summed E-state index contributed by atoms with van der Waals surface area (Å²) < 4.78 is 16.9. The minimum atomic E-state index is -4.88. The molecule has 4 unspecified atom stereocenters. The number of anilines is 1. The van der Waals surface area contributed by atoms with Crippen LogP contribution in [0, 0.1) is 36.0 Å². The van der Waals surface area contributed by atoms with Crippen LogP contribution >= 0.6 is 19.4 Å². The van der Waals surface area contributed by atoms with Gasteiger partial charge in [-0.05, 0) is 67.7 Å². The highest BCUT2D eigenvalue weighted by molar-refractivity contribution is 7.46. The summed E-state index contributed by atoms with van der Waals surface area (Å²) in [5.41, 5.74) is 4.45. The Kier molecular flexibility index (Phi) is 4.53. The average molecular weight is 649 g/mol. The highest BCUT2D eigenvalue weighted by Crippen LogP contribution is 3.01. The SMILES string of the molecule is Cc1c[nH]c2c1C13C[C@@H]1CN(C(=O)C14CC5(C(=O)N6C[C@@H](CCl)c7c6cc(OP(=O)(O)O)c6[nH]cc(C)c76)CC15C4)C3=CC2=O. The van der Waals surface area contributed by atoms with Gasteiger partial charge < -0.3 is 24.3 Å². The molecule has 7 aliphatic rings. The molecule has 13 heteroatoms. The third-order valence-corrected chi connectivity index (χ3v) is 13.4. The first-order chi connectivity index (χ1) is 21.3. The second kappa shape index (κ2) is 7.60. The highest BCUT2D eigenvalue weighted by Gasteiger charge is 3.01. The molecule has 4 saturated carbocycles. The lowest BCUT2D eigenvalue weighted by atomic mass is 9.72. The van der Waals surface area contributed by atoms with Gasteiger partial charge in [0.15, 0.2) is 5.75 Å². The number of phosphoric ester groups is 1. The number of carbonyl (C=O) groups is 3. The van der Waals surface area contributed by atoms with E-state index >= 15 is 0 Å². The second-order valence-electron chi connectivity index (χ2n) is 14.6. The molecule has 2 aliphatic heterocycles. The number of benzene rings is 1. The topological polar surface area (TPSA) is 156 Å². The number of amides is 2. The van der Waals surface area contributed by atoms with Crippen molar-refractivity contribution >= 4 is 53.6 Å². The molecule has 2 amide bonds. The number of aromatic nitrogens is 2. The van der Waals surface area contributed by atoms with Gasteiger partial charge in [0.05, 0.1) is 27.7 Å². The van der Waals surface area contributed by atoms with E-state index in [0.717, 1.165) is 39.8 Å². The number of hydrogen-bond acceptors (Lipinski definition) is 5. The van der Waals surface area contributed by atoms with Crippen molar-refractivity contribution in [1.82, 2.24) is 14.9 Å². The molecule has 10 rings (SSSR count). The molecule has 5 fully saturated rings. The Balaban J connectivity index is 0.970. The number of nitrogens with zero attached hydrogens (tertiary/aromatic N) is 2. The van der Waals surface area contributed by atoms with E-state index in [-0.39, 0.29) is 46.0 Å². The minimum absolute atomic E-state index is 0.0246. The number of ketones is 1. The number of halogens is 1. The molecule has 2 aromatic heterocycles. The molecule has 232 valence electrons. The Morgan fingerprint density at radius 3 is 2.47 bits per heavy atom. The van der Waals surface area contributed by atoms with Crippen molar-refractivity contribution in [3.63, 3.8) is 0 Å². The maximum absolute atomic E-state index is 14.5. The summed E-state index contributed by atoms with van der Waals surface area (Å²) >= 11 is 6.45. The van der Waals surface area contributed by atoms with Crippen molar-refractivity contribution in [2.24, 2.45) is 22.2 Å². The van der Waals surface area contributed by atoms with Crippen molar-refractivity contribution in [2.75, 3.05) is 23.9 Å². The Morgan fingerprint density at radius 2 is 1.78 bits per heavy atom. The van der Waals surface area contributed by atoms with Gasteiger partial charge in [-0.25, -0.2) is 4.57 Å². The van der Waals surface area contributed by atoms with E-state index in [0.29, 0.717) is 55.2 Å². The van der Waals surface area contributed by atoms with Crippen molar-refractivity contribution in [2.45, 2.75) is 50.9 Å². The van der Waals surface area contributed by atoms with E-state index in [2.05, 4.69) is 9.97 Å². The lowest BCUT2D eigenvalue weighted by Crippen LogP contribution is -2.49. The van der Waals surface area contributed by atoms with E-state index in [1.54, 1.807) is 17.2 Å². The molecule has 4 N–H and O–H groups in total. The Bertz CT molecular complexity index is 2100. The molecular weight excluding hydrogens is 619 g/mol. The fraction of sp³-hybridized carbons (Fsp3) is 0.469. The number of carbonyl (C=O) groups excluding carboxylic acids is 3. The number of aryl methyl sites for hydroxylation is 2. The molecule has 2 spiro atoms. The number of alkyl halides is 1. The van der Waals surface area contributed by atoms with E-state index < -0.39 is 18.7 Å². The van der Waals surface area contributed by atoms with Gasteiger partial charge in [0.2, 0.25) is 17.6 Å². The van der Waals surface area contributed by atoms with Crippen LogP contribution < -0.4 is 9.42 Å². The number of hydrogen-bond donors (Lipinski definition) is 4. The van der Waals surface area contributed by atoms with Crippen LogP contribution in [0.5, 0.6) is 5.75 Å². The first-order valence-corrected chi connectivity index (χ1v) is 17.4. The lowest BCUT2D eigenvalue weighted by Gasteiger charge is -2.38. The Morgan fingerprint density at radius 1 is 1.07 bits per heavy atom. The summed E-state index contributed by atoms with van der Waals surface area (Å²) in [7, 11) is -4.88. The normalized spacial score (nSPS) is 35.9. The molecule has 1 aromatic carbocycles. The van der Waals surface area contributed by atoms with Crippen LogP contribution in [0.15, 0.2) is 30.2 Å². The monoisotopic (exact) mass is 648 g/mol.